The lowest BCUT2D eigenvalue weighted by Crippen LogP contribution is -2.49. The van der Waals surface area contributed by atoms with E-state index in [1.807, 2.05) is 35.2 Å². The van der Waals surface area contributed by atoms with E-state index in [0.29, 0.717) is 6.61 Å². The molecule has 3 rings (SSSR count). The Morgan fingerprint density at radius 1 is 1.14 bits per heavy atom. The van der Waals surface area contributed by atoms with Crippen molar-refractivity contribution in [2.75, 3.05) is 6.54 Å². The van der Waals surface area contributed by atoms with E-state index in [1.54, 1.807) is 0 Å². The molecule has 1 saturated carbocycles. The van der Waals surface area contributed by atoms with Gasteiger partial charge in [0.2, 0.25) is 0 Å². The molecular weight excluding hydrogens is 278 g/mol. The van der Waals surface area contributed by atoms with Crippen LogP contribution in [0.5, 0.6) is 0 Å². The van der Waals surface area contributed by atoms with Crippen molar-refractivity contribution in [3.05, 3.63) is 35.9 Å². The van der Waals surface area contributed by atoms with Crippen LogP contribution in [0.1, 0.15) is 44.1 Å². The average molecular weight is 303 g/mol. The van der Waals surface area contributed by atoms with Gasteiger partial charge in [-0.15, -0.1) is 0 Å². The molecule has 120 valence electrons. The Kier molecular flexibility index (Phi) is 4.98. The van der Waals surface area contributed by atoms with Crippen LogP contribution in [0.25, 0.3) is 0 Å². The topological polar surface area (TPSA) is 49.8 Å². The number of piperidine rings is 1. The van der Waals surface area contributed by atoms with Crippen LogP contribution in [-0.4, -0.2) is 34.8 Å². The van der Waals surface area contributed by atoms with Gasteiger partial charge in [0, 0.05) is 18.5 Å². The van der Waals surface area contributed by atoms with Crippen LogP contribution in [0, 0.1) is 5.92 Å². The van der Waals surface area contributed by atoms with Gasteiger partial charge >= 0.3 is 6.09 Å². The highest BCUT2D eigenvalue weighted by Crippen LogP contribution is 2.35. The van der Waals surface area contributed by atoms with Crippen LogP contribution >= 0.6 is 0 Å². The number of rotatable bonds is 3. The lowest BCUT2D eigenvalue weighted by atomic mass is 9.88. The summed E-state index contributed by atoms with van der Waals surface area (Å²) in [6.07, 6.45) is 5.62. The maximum absolute atomic E-state index is 12.5. The Balaban J connectivity index is 1.61. The fourth-order valence-corrected chi connectivity index (χ4v) is 3.85. The summed E-state index contributed by atoms with van der Waals surface area (Å²) in [7, 11) is 0. The van der Waals surface area contributed by atoms with Gasteiger partial charge in [-0.2, -0.15) is 0 Å². The lowest BCUT2D eigenvalue weighted by Gasteiger charge is -2.39. The van der Waals surface area contributed by atoms with E-state index in [0.717, 1.165) is 50.6 Å². The van der Waals surface area contributed by atoms with Crippen LogP contribution in [0.2, 0.25) is 0 Å². The number of nitrogens with zero attached hydrogens (tertiary/aromatic N) is 1. The monoisotopic (exact) mass is 303 g/mol. The van der Waals surface area contributed by atoms with Crippen molar-refractivity contribution in [3.63, 3.8) is 0 Å². The van der Waals surface area contributed by atoms with Crippen LogP contribution < -0.4 is 0 Å². The molecule has 2 aliphatic rings. The first-order chi connectivity index (χ1) is 10.8. The minimum absolute atomic E-state index is 0.148. The van der Waals surface area contributed by atoms with E-state index in [1.165, 1.54) is 0 Å². The zero-order chi connectivity index (χ0) is 15.4. The first-order valence-corrected chi connectivity index (χ1v) is 8.41. The molecule has 1 aromatic carbocycles. The number of likely N-dealkylation sites (tertiary alicyclic amines) is 1. The molecule has 0 spiro atoms. The van der Waals surface area contributed by atoms with E-state index in [2.05, 4.69) is 0 Å². The van der Waals surface area contributed by atoms with E-state index >= 15 is 0 Å². The van der Waals surface area contributed by atoms with Crippen molar-refractivity contribution >= 4 is 6.09 Å². The Labute approximate surface area is 132 Å². The molecule has 4 heteroatoms. The number of benzene rings is 1. The zero-order valence-electron chi connectivity index (χ0n) is 13.0. The summed E-state index contributed by atoms with van der Waals surface area (Å²) in [5.41, 5.74) is 1.00. The highest BCUT2D eigenvalue weighted by atomic mass is 16.6. The molecule has 22 heavy (non-hydrogen) atoms. The highest BCUT2D eigenvalue weighted by molar-refractivity contribution is 5.68. The van der Waals surface area contributed by atoms with Crippen LogP contribution in [0.15, 0.2) is 30.3 Å². The molecule has 0 bridgehead atoms. The molecule has 1 N–H and O–H groups in total. The van der Waals surface area contributed by atoms with Gasteiger partial charge in [0.1, 0.15) is 6.61 Å². The minimum atomic E-state index is -0.257. The lowest BCUT2D eigenvalue weighted by molar-refractivity contribution is 0.0225. The molecular formula is C18H25NO3. The number of carbonyl (C=O) groups is 1. The third-order valence-corrected chi connectivity index (χ3v) is 5.01. The number of amides is 1. The van der Waals surface area contributed by atoms with Crippen LogP contribution in [-0.2, 0) is 11.3 Å². The quantitative estimate of drug-likeness (QED) is 0.931. The van der Waals surface area contributed by atoms with Gasteiger partial charge in [0.05, 0.1) is 6.10 Å². The molecule has 1 amide bonds. The molecule has 0 radical (unpaired) electrons. The number of aliphatic hydroxyl groups is 1. The largest absolute Gasteiger partial charge is 0.445 e. The number of hydrogen-bond acceptors (Lipinski definition) is 3. The number of carbonyl (C=O) groups excluding carboxylic acids is 1. The van der Waals surface area contributed by atoms with Gasteiger partial charge < -0.3 is 14.7 Å². The second-order valence-corrected chi connectivity index (χ2v) is 6.46. The summed E-state index contributed by atoms with van der Waals surface area (Å²) in [4.78, 5) is 14.3. The SMILES string of the molecule is O=C(OCc1ccccc1)N1CCCCC1C1CCCC1O. The minimum Gasteiger partial charge on any atom is -0.445 e. The molecule has 1 aliphatic carbocycles. The summed E-state index contributed by atoms with van der Waals surface area (Å²) < 4.78 is 5.50. The maximum atomic E-state index is 12.5. The molecule has 4 nitrogen and oxygen atoms in total. The summed E-state index contributed by atoms with van der Waals surface area (Å²) in [6.45, 7) is 1.07. The first-order valence-electron chi connectivity index (χ1n) is 8.41. The van der Waals surface area contributed by atoms with Gasteiger partial charge in [0.15, 0.2) is 0 Å². The number of aliphatic hydroxyl groups excluding tert-OH is 1. The fraction of sp³-hybridized carbons (Fsp3) is 0.611. The first kappa shape index (κ1) is 15.3. The normalized spacial score (nSPS) is 28.6. The Bertz CT molecular complexity index is 490. The molecule has 1 aromatic rings. The predicted molar refractivity (Wildman–Crippen MR) is 84.3 cm³/mol. The summed E-state index contributed by atoms with van der Waals surface area (Å²) in [5, 5.41) is 10.2. The van der Waals surface area contributed by atoms with E-state index in [4.69, 9.17) is 4.74 Å². The maximum Gasteiger partial charge on any atom is 0.410 e. The molecule has 2 fully saturated rings. The smallest absolute Gasteiger partial charge is 0.410 e. The van der Waals surface area contributed by atoms with Crippen molar-refractivity contribution < 1.29 is 14.6 Å². The summed E-state index contributed by atoms with van der Waals surface area (Å²) >= 11 is 0. The summed E-state index contributed by atoms with van der Waals surface area (Å²) in [5.74, 6) is 0.226. The molecule has 1 heterocycles. The van der Waals surface area contributed by atoms with Crippen molar-refractivity contribution in [3.8, 4) is 0 Å². The number of ether oxygens (including phenoxy) is 1. The summed E-state index contributed by atoms with van der Waals surface area (Å²) in [6, 6.07) is 9.91. The molecule has 3 atom stereocenters. The molecule has 3 unspecified atom stereocenters. The van der Waals surface area contributed by atoms with Gasteiger partial charge in [0.25, 0.3) is 0 Å². The second-order valence-electron chi connectivity index (χ2n) is 6.46. The highest BCUT2D eigenvalue weighted by Gasteiger charge is 2.39. The predicted octanol–water partition coefficient (Wildman–Crippen LogP) is 3.34. The van der Waals surface area contributed by atoms with Gasteiger partial charge in [-0.3, -0.25) is 0 Å². The van der Waals surface area contributed by atoms with Crippen molar-refractivity contribution in [1.82, 2.24) is 4.90 Å². The standard InChI is InChI=1S/C18H25NO3/c20-17-11-6-9-15(17)16-10-4-5-12-19(16)18(21)22-13-14-7-2-1-3-8-14/h1-3,7-8,15-17,20H,4-6,9-13H2. The van der Waals surface area contributed by atoms with Crippen molar-refractivity contribution in [1.29, 1.82) is 0 Å². The molecule has 0 aromatic heterocycles. The van der Waals surface area contributed by atoms with E-state index < -0.39 is 0 Å². The molecule has 1 saturated heterocycles. The van der Waals surface area contributed by atoms with E-state index in [9.17, 15) is 9.90 Å². The van der Waals surface area contributed by atoms with Gasteiger partial charge in [-0.1, -0.05) is 36.8 Å². The third kappa shape index (κ3) is 3.43. The van der Waals surface area contributed by atoms with Crippen LogP contribution in [0.3, 0.4) is 0 Å². The van der Waals surface area contributed by atoms with Crippen LogP contribution in [0.4, 0.5) is 4.79 Å². The van der Waals surface area contributed by atoms with Gasteiger partial charge in [-0.05, 0) is 37.7 Å². The molecule has 1 aliphatic heterocycles. The van der Waals surface area contributed by atoms with Crippen molar-refractivity contribution in [2.45, 2.75) is 57.3 Å². The van der Waals surface area contributed by atoms with Gasteiger partial charge in [-0.25, -0.2) is 4.79 Å². The number of hydrogen-bond donors (Lipinski definition) is 1. The Hall–Kier alpha value is -1.55. The van der Waals surface area contributed by atoms with Crippen molar-refractivity contribution in [2.24, 2.45) is 5.92 Å². The third-order valence-electron chi connectivity index (χ3n) is 5.01. The Morgan fingerprint density at radius 2 is 1.95 bits per heavy atom. The Morgan fingerprint density at radius 3 is 2.68 bits per heavy atom. The van der Waals surface area contributed by atoms with E-state index in [-0.39, 0.29) is 24.2 Å². The second kappa shape index (κ2) is 7.14. The average Bonchev–Trinajstić information content (AvgIpc) is 2.99. The fourth-order valence-electron chi connectivity index (χ4n) is 3.85. The zero-order valence-corrected chi connectivity index (χ0v) is 13.0.